The van der Waals surface area contributed by atoms with E-state index in [1.807, 2.05) is 24.3 Å². The zero-order chi connectivity index (χ0) is 21.9. The van der Waals surface area contributed by atoms with Gasteiger partial charge in [-0.25, -0.2) is 0 Å². The highest BCUT2D eigenvalue weighted by molar-refractivity contribution is 7.99. The highest BCUT2D eigenvalue weighted by Crippen LogP contribution is 2.36. The molecule has 4 unspecified atom stereocenters. The molecule has 1 aromatic carbocycles. The summed E-state index contributed by atoms with van der Waals surface area (Å²) < 4.78 is 5.15. The zero-order valence-electron chi connectivity index (χ0n) is 17.7. The van der Waals surface area contributed by atoms with E-state index in [1.165, 1.54) is 0 Å². The Morgan fingerprint density at radius 1 is 1.27 bits per heavy atom. The van der Waals surface area contributed by atoms with Gasteiger partial charge in [-0.3, -0.25) is 9.59 Å². The summed E-state index contributed by atoms with van der Waals surface area (Å²) in [5.41, 5.74) is 2.12. The molecule has 0 amide bonds. The summed E-state index contributed by atoms with van der Waals surface area (Å²) in [6.45, 7) is 0.538. The minimum absolute atomic E-state index is 0.105. The Morgan fingerprint density at radius 2 is 2.03 bits per heavy atom. The molecule has 0 aromatic heterocycles. The SMILES string of the molecule is COCc1cccc(CC(O)CCC2C(O)CC(=O)C2CCSCCCC(=O)O)c1. The number of aliphatic carboxylic acids is 1. The third kappa shape index (κ3) is 8.38. The maximum absolute atomic E-state index is 12.3. The van der Waals surface area contributed by atoms with Crippen molar-refractivity contribution in [2.45, 2.75) is 63.8 Å². The number of rotatable bonds is 14. The lowest BCUT2D eigenvalue weighted by Crippen LogP contribution is -2.23. The lowest BCUT2D eigenvalue weighted by molar-refractivity contribution is -0.137. The van der Waals surface area contributed by atoms with E-state index in [1.54, 1.807) is 18.9 Å². The molecule has 0 saturated heterocycles. The third-order valence-corrected chi connectivity index (χ3v) is 6.80. The van der Waals surface area contributed by atoms with Gasteiger partial charge < -0.3 is 20.1 Å². The van der Waals surface area contributed by atoms with Crippen molar-refractivity contribution >= 4 is 23.5 Å². The van der Waals surface area contributed by atoms with E-state index in [0.29, 0.717) is 38.7 Å². The van der Waals surface area contributed by atoms with E-state index < -0.39 is 18.2 Å². The number of aliphatic hydroxyl groups excluding tert-OH is 2. The highest BCUT2D eigenvalue weighted by atomic mass is 32.2. The molecule has 7 heteroatoms. The van der Waals surface area contributed by atoms with Crippen LogP contribution in [0, 0.1) is 11.8 Å². The fraction of sp³-hybridized carbons (Fsp3) is 0.652. The van der Waals surface area contributed by atoms with Crippen molar-refractivity contribution in [1.29, 1.82) is 0 Å². The van der Waals surface area contributed by atoms with Gasteiger partial charge >= 0.3 is 5.97 Å². The fourth-order valence-electron chi connectivity index (χ4n) is 4.19. The van der Waals surface area contributed by atoms with Crippen LogP contribution >= 0.6 is 11.8 Å². The van der Waals surface area contributed by atoms with Crippen LogP contribution in [0.4, 0.5) is 0 Å². The minimum Gasteiger partial charge on any atom is -0.481 e. The molecule has 0 bridgehead atoms. The Morgan fingerprint density at radius 3 is 2.77 bits per heavy atom. The summed E-state index contributed by atoms with van der Waals surface area (Å²) in [4.78, 5) is 22.9. The van der Waals surface area contributed by atoms with Gasteiger partial charge in [-0.15, -0.1) is 0 Å². The molecule has 3 N–H and O–H groups in total. The van der Waals surface area contributed by atoms with Crippen molar-refractivity contribution < 1.29 is 29.6 Å². The van der Waals surface area contributed by atoms with E-state index in [4.69, 9.17) is 9.84 Å². The van der Waals surface area contributed by atoms with E-state index >= 15 is 0 Å². The van der Waals surface area contributed by atoms with Gasteiger partial charge in [-0.2, -0.15) is 11.8 Å². The summed E-state index contributed by atoms with van der Waals surface area (Å²) in [7, 11) is 1.65. The molecular weight excluding hydrogens is 404 g/mol. The van der Waals surface area contributed by atoms with Crippen molar-refractivity contribution in [2.75, 3.05) is 18.6 Å². The summed E-state index contributed by atoms with van der Waals surface area (Å²) >= 11 is 1.66. The topological polar surface area (TPSA) is 104 Å². The quantitative estimate of drug-likeness (QED) is 0.384. The van der Waals surface area contributed by atoms with Crippen molar-refractivity contribution in [2.24, 2.45) is 11.8 Å². The van der Waals surface area contributed by atoms with E-state index in [2.05, 4.69) is 0 Å². The number of aliphatic hydroxyl groups is 2. The van der Waals surface area contributed by atoms with Crippen LogP contribution in [0.25, 0.3) is 0 Å². The standard InChI is InChI=1S/C23H34O6S/c1-29-15-17-5-2-4-16(12-17)13-18(24)7-8-19-20(22(26)14-21(19)25)9-11-30-10-3-6-23(27)28/h2,4-5,12,18-21,24-25H,3,6-11,13-15H2,1H3,(H,27,28). The van der Waals surface area contributed by atoms with Crippen molar-refractivity contribution in [3.63, 3.8) is 0 Å². The number of methoxy groups -OCH3 is 1. The Balaban J connectivity index is 1.77. The maximum atomic E-state index is 12.3. The summed E-state index contributed by atoms with van der Waals surface area (Å²) in [5, 5.41) is 29.5. The predicted octanol–water partition coefficient (Wildman–Crippen LogP) is 3.07. The Bertz CT molecular complexity index is 679. The molecule has 0 spiro atoms. The molecule has 1 aromatic rings. The molecule has 2 rings (SSSR count). The Labute approximate surface area is 183 Å². The summed E-state index contributed by atoms with van der Waals surface area (Å²) in [6, 6.07) is 7.97. The van der Waals surface area contributed by atoms with Gasteiger partial charge in [-0.1, -0.05) is 24.3 Å². The molecule has 0 radical (unpaired) electrons. The molecule has 4 atom stereocenters. The molecule has 1 aliphatic carbocycles. The van der Waals surface area contributed by atoms with E-state index in [9.17, 15) is 19.8 Å². The van der Waals surface area contributed by atoms with Crippen LogP contribution in [-0.2, 0) is 27.4 Å². The summed E-state index contributed by atoms with van der Waals surface area (Å²) in [5.74, 6) is 0.611. The van der Waals surface area contributed by atoms with Gasteiger partial charge in [0, 0.05) is 25.9 Å². The highest BCUT2D eigenvalue weighted by Gasteiger charge is 2.40. The number of hydrogen-bond donors (Lipinski definition) is 3. The number of ketones is 1. The van der Waals surface area contributed by atoms with Gasteiger partial charge in [0.05, 0.1) is 18.8 Å². The van der Waals surface area contributed by atoms with Crippen LogP contribution in [0.2, 0.25) is 0 Å². The smallest absolute Gasteiger partial charge is 0.303 e. The molecule has 1 fully saturated rings. The first-order chi connectivity index (χ1) is 14.4. The van der Waals surface area contributed by atoms with Gasteiger partial charge in [0.1, 0.15) is 5.78 Å². The van der Waals surface area contributed by atoms with Gasteiger partial charge in [0.15, 0.2) is 0 Å². The van der Waals surface area contributed by atoms with Crippen molar-refractivity contribution in [3.8, 4) is 0 Å². The lowest BCUT2D eigenvalue weighted by atomic mass is 9.86. The van der Waals surface area contributed by atoms with Crippen molar-refractivity contribution in [3.05, 3.63) is 35.4 Å². The number of carbonyl (C=O) groups excluding carboxylic acids is 1. The molecular formula is C23H34O6S. The minimum atomic E-state index is -0.784. The Hall–Kier alpha value is -1.41. The number of benzene rings is 1. The van der Waals surface area contributed by atoms with Gasteiger partial charge in [-0.05, 0) is 60.7 Å². The molecule has 0 aliphatic heterocycles. The molecule has 0 heterocycles. The maximum Gasteiger partial charge on any atom is 0.303 e. The number of hydrogen-bond acceptors (Lipinski definition) is 6. The zero-order valence-corrected chi connectivity index (χ0v) is 18.5. The Kier molecular flexibility index (Phi) is 10.9. The van der Waals surface area contributed by atoms with Crippen LogP contribution in [0.5, 0.6) is 0 Å². The molecule has 6 nitrogen and oxygen atoms in total. The van der Waals surface area contributed by atoms with Gasteiger partial charge in [0.25, 0.3) is 0 Å². The first-order valence-electron chi connectivity index (χ1n) is 10.7. The lowest BCUT2D eigenvalue weighted by Gasteiger charge is -2.22. The second-order valence-electron chi connectivity index (χ2n) is 8.09. The van der Waals surface area contributed by atoms with Crippen LogP contribution in [0.15, 0.2) is 24.3 Å². The molecule has 30 heavy (non-hydrogen) atoms. The number of carboxylic acids is 1. The number of carbonyl (C=O) groups is 2. The first-order valence-corrected chi connectivity index (χ1v) is 11.8. The third-order valence-electron chi connectivity index (χ3n) is 5.69. The van der Waals surface area contributed by atoms with Crippen LogP contribution in [0.1, 0.15) is 49.7 Å². The number of thioether (sulfide) groups is 1. The van der Waals surface area contributed by atoms with Crippen LogP contribution in [0.3, 0.4) is 0 Å². The van der Waals surface area contributed by atoms with E-state index in [-0.39, 0.29) is 30.5 Å². The number of Topliss-reactive ketones (excluding diaryl/α,β-unsaturated/α-hetero) is 1. The van der Waals surface area contributed by atoms with Crippen LogP contribution in [-0.4, -0.2) is 57.9 Å². The molecule has 1 saturated carbocycles. The van der Waals surface area contributed by atoms with Gasteiger partial charge in [0.2, 0.25) is 0 Å². The molecule has 168 valence electrons. The predicted molar refractivity (Wildman–Crippen MR) is 118 cm³/mol. The van der Waals surface area contributed by atoms with Crippen molar-refractivity contribution in [1.82, 2.24) is 0 Å². The largest absolute Gasteiger partial charge is 0.481 e. The monoisotopic (exact) mass is 438 g/mol. The van der Waals surface area contributed by atoms with E-state index in [0.717, 1.165) is 22.6 Å². The fourth-order valence-corrected chi connectivity index (χ4v) is 5.17. The van der Waals surface area contributed by atoms with Crippen LogP contribution < -0.4 is 0 Å². The second kappa shape index (κ2) is 13.1. The second-order valence-corrected chi connectivity index (χ2v) is 9.32. The molecule has 1 aliphatic rings. The number of ether oxygens (including phenoxy) is 1. The number of carboxylic acid groups (broad SMARTS) is 1. The normalized spacial score (nSPS) is 22.4. The first kappa shape index (κ1) is 24.9. The summed E-state index contributed by atoms with van der Waals surface area (Å²) in [6.07, 6.45) is 2.27. The average Bonchev–Trinajstić information content (AvgIpc) is 2.95. The average molecular weight is 439 g/mol.